The van der Waals surface area contributed by atoms with Crippen molar-refractivity contribution in [3.05, 3.63) is 6.20 Å². The van der Waals surface area contributed by atoms with Crippen LogP contribution in [0.2, 0.25) is 0 Å². The van der Waals surface area contributed by atoms with Gasteiger partial charge in [0.25, 0.3) is 0 Å². The molecule has 1 saturated heterocycles. The monoisotopic (exact) mass is 273 g/mol. The van der Waals surface area contributed by atoms with E-state index in [1.165, 1.54) is 0 Å². The van der Waals surface area contributed by atoms with Crippen molar-refractivity contribution in [3.63, 3.8) is 0 Å². The first-order chi connectivity index (χ1) is 8.74. The molecule has 2 N–H and O–H groups in total. The zero-order valence-electron chi connectivity index (χ0n) is 10.4. The summed E-state index contributed by atoms with van der Waals surface area (Å²) >= 11 is 1.09. The van der Waals surface area contributed by atoms with Crippen LogP contribution in [-0.2, 0) is 4.74 Å². The number of rotatable bonds is 6. The fourth-order valence-electron chi connectivity index (χ4n) is 1.95. The third-order valence-corrected chi connectivity index (χ3v) is 3.35. The van der Waals surface area contributed by atoms with Gasteiger partial charge in [-0.05, 0) is 19.8 Å². The molecule has 3 unspecified atom stereocenters. The molecule has 1 aliphatic rings. The summed E-state index contributed by atoms with van der Waals surface area (Å²) in [6.07, 6.45) is 3.29. The fraction of sp³-hybridized carbons (Fsp3) is 0.818. The highest BCUT2D eigenvalue weighted by molar-refractivity contribution is 6.99. The highest BCUT2D eigenvalue weighted by Gasteiger charge is 2.19. The number of ether oxygens (including phenoxy) is 2. The lowest BCUT2D eigenvalue weighted by Gasteiger charge is -2.28. The van der Waals surface area contributed by atoms with Crippen LogP contribution in [0.5, 0.6) is 5.88 Å². The Morgan fingerprint density at radius 2 is 2.61 bits per heavy atom. The molecule has 0 saturated carbocycles. The smallest absolute Gasteiger partial charge is 0.245 e. The van der Waals surface area contributed by atoms with Crippen molar-refractivity contribution in [2.45, 2.75) is 38.0 Å². The number of nitrogens with one attached hydrogen (secondary N) is 1. The Kier molecular flexibility index (Phi) is 5.30. The average Bonchev–Trinajstić information content (AvgIpc) is 2.87. The Bertz CT molecular complexity index is 336. The SMILES string of the molecule is CC1CC(NCC(O)COc2cnsn2)CCO1. The van der Waals surface area contributed by atoms with Gasteiger partial charge in [-0.2, -0.15) is 4.37 Å². The first-order valence-corrected chi connectivity index (χ1v) is 6.90. The summed E-state index contributed by atoms with van der Waals surface area (Å²) in [6, 6.07) is 0.421. The van der Waals surface area contributed by atoms with Crippen LogP contribution in [0.4, 0.5) is 0 Å². The standard InChI is InChI=1S/C11H19N3O3S/c1-8-4-9(2-3-16-8)12-5-10(15)7-17-11-6-13-18-14-11/h6,8-10,12,15H,2-5,7H2,1H3. The highest BCUT2D eigenvalue weighted by atomic mass is 32.1. The Labute approximate surface area is 111 Å². The van der Waals surface area contributed by atoms with Crippen molar-refractivity contribution in [2.24, 2.45) is 0 Å². The van der Waals surface area contributed by atoms with Gasteiger partial charge in [-0.15, -0.1) is 4.37 Å². The number of aliphatic hydroxyl groups is 1. The van der Waals surface area contributed by atoms with Crippen LogP contribution in [0.25, 0.3) is 0 Å². The molecule has 6 nitrogen and oxygen atoms in total. The van der Waals surface area contributed by atoms with Crippen LogP contribution in [-0.4, -0.2) is 51.9 Å². The molecule has 102 valence electrons. The second kappa shape index (κ2) is 6.98. The van der Waals surface area contributed by atoms with Crippen molar-refractivity contribution in [1.29, 1.82) is 0 Å². The van der Waals surface area contributed by atoms with Crippen molar-refractivity contribution in [2.75, 3.05) is 19.8 Å². The minimum atomic E-state index is -0.537. The Morgan fingerprint density at radius 1 is 1.72 bits per heavy atom. The number of nitrogens with zero attached hydrogens (tertiary/aromatic N) is 2. The van der Waals surface area contributed by atoms with E-state index >= 15 is 0 Å². The normalized spacial score (nSPS) is 25.9. The van der Waals surface area contributed by atoms with Crippen LogP contribution in [0.15, 0.2) is 6.20 Å². The molecule has 1 aromatic heterocycles. The van der Waals surface area contributed by atoms with E-state index in [0.29, 0.717) is 24.6 Å². The lowest BCUT2D eigenvalue weighted by Crippen LogP contribution is -2.42. The summed E-state index contributed by atoms with van der Waals surface area (Å²) in [5.74, 6) is 0.471. The summed E-state index contributed by atoms with van der Waals surface area (Å²) in [4.78, 5) is 0. The first kappa shape index (κ1) is 13.7. The molecule has 18 heavy (non-hydrogen) atoms. The van der Waals surface area contributed by atoms with Crippen molar-refractivity contribution in [1.82, 2.24) is 14.1 Å². The molecule has 0 bridgehead atoms. The Morgan fingerprint density at radius 3 is 3.33 bits per heavy atom. The molecule has 3 atom stereocenters. The van der Waals surface area contributed by atoms with Gasteiger partial charge in [-0.25, -0.2) is 0 Å². The Hall–Kier alpha value is -0.760. The first-order valence-electron chi connectivity index (χ1n) is 6.17. The van der Waals surface area contributed by atoms with Gasteiger partial charge in [0, 0.05) is 19.2 Å². The minimum absolute atomic E-state index is 0.233. The second-order valence-electron chi connectivity index (χ2n) is 4.52. The van der Waals surface area contributed by atoms with Crippen LogP contribution in [0, 0.1) is 0 Å². The molecular formula is C11H19N3O3S. The maximum atomic E-state index is 9.78. The third kappa shape index (κ3) is 4.49. The molecular weight excluding hydrogens is 254 g/mol. The van der Waals surface area contributed by atoms with E-state index in [9.17, 15) is 5.11 Å². The number of hydrogen-bond acceptors (Lipinski definition) is 7. The molecule has 0 aromatic carbocycles. The van der Waals surface area contributed by atoms with E-state index in [4.69, 9.17) is 9.47 Å². The number of aliphatic hydroxyl groups excluding tert-OH is 1. The van der Waals surface area contributed by atoms with Crippen LogP contribution in [0.1, 0.15) is 19.8 Å². The predicted molar refractivity (Wildman–Crippen MR) is 67.8 cm³/mol. The molecule has 2 rings (SSSR count). The van der Waals surface area contributed by atoms with Crippen molar-refractivity contribution in [3.8, 4) is 5.88 Å². The van der Waals surface area contributed by atoms with Gasteiger partial charge in [-0.3, -0.25) is 0 Å². The maximum absolute atomic E-state index is 9.78. The van der Waals surface area contributed by atoms with Gasteiger partial charge in [0.15, 0.2) is 0 Å². The van der Waals surface area contributed by atoms with Gasteiger partial charge < -0.3 is 19.9 Å². The van der Waals surface area contributed by atoms with Gasteiger partial charge in [0.2, 0.25) is 5.88 Å². The topological polar surface area (TPSA) is 76.5 Å². The zero-order valence-corrected chi connectivity index (χ0v) is 11.2. The van der Waals surface area contributed by atoms with Gasteiger partial charge in [-0.1, -0.05) is 0 Å². The lowest BCUT2D eigenvalue weighted by molar-refractivity contribution is 0.00961. The maximum Gasteiger partial charge on any atom is 0.245 e. The summed E-state index contributed by atoms with van der Waals surface area (Å²) in [5.41, 5.74) is 0. The molecule has 0 radical (unpaired) electrons. The van der Waals surface area contributed by atoms with E-state index < -0.39 is 6.10 Å². The summed E-state index contributed by atoms with van der Waals surface area (Å²) in [6.45, 7) is 3.62. The average molecular weight is 273 g/mol. The molecule has 0 aliphatic carbocycles. The molecule has 0 spiro atoms. The summed E-state index contributed by atoms with van der Waals surface area (Å²) < 4.78 is 18.5. The fourth-order valence-corrected chi connectivity index (χ4v) is 2.31. The van der Waals surface area contributed by atoms with Gasteiger partial charge >= 0.3 is 0 Å². The van der Waals surface area contributed by atoms with Crippen LogP contribution in [0.3, 0.4) is 0 Å². The van der Waals surface area contributed by atoms with E-state index in [-0.39, 0.29) is 6.61 Å². The number of hydrogen-bond donors (Lipinski definition) is 2. The molecule has 2 heterocycles. The minimum Gasteiger partial charge on any atom is -0.473 e. The highest BCUT2D eigenvalue weighted by Crippen LogP contribution is 2.13. The second-order valence-corrected chi connectivity index (χ2v) is 5.08. The summed E-state index contributed by atoms with van der Waals surface area (Å²) in [5, 5.41) is 13.1. The Balaban J connectivity index is 1.60. The van der Waals surface area contributed by atoms with Crippen molar-refractivity contribution < 1.29 is 14.6 Å². The number of aromatic nitrogens is 2. The van der Waals surface area contributed by atoms with E-state index in [1.54, 1.807) is 6.20 Å². The molecule has 1 aliphatic heterocycles. The molecule has 0 amide bonds. The lowest BCUT2D eigenvalue weighted by atomic mass is 10.0. The predicted octanol–water partition coefficient (Wildman–Crippen LogP) is 0.435. The quantitative estimate of drug-likeness (QED) is 0.783. The van der Waals surface area contributed by atoms with Gasteiger partial charge in [0.05, 0.1) is 17.8 Å². The zero-order chi connectivity index (χ0) is 12.8. The van der Waals surface area contributed by atoms with E-state index in [2.05, 4.69) is 21.0 Å². The van der Waals surface area contributed by atoms with Gasteiger partial charge in [0.1, 0.15) is 18.9 Å². The molecule has 7 heteroatoms. The molecule has 1 fully saturated rings. The van der Waals surface area contributed by atoms with E-state index in [1.807, 2.05) is 0 Å². The third-order valence-electron chi connectivity index (χ3n) is 2.89. The van der Waals surface area contributed by atoms with Crippen LogP contribution < -0.4 is 10.1 Å². The summed E-state index contributed by atoms with van der Waals surface area (Å²) in [7, 11) is 0. The van der Waals surface area contributed by atoms with Crippen LogP contribution >= 0.6 is 11.7 Å². The largest absolute Gasteiger partial charge is 0.473 e. The molecule has 1 aromatic rings. The van der Waals surface area contributed by atoms with E-state index in [0.717, 1.165) is 31.2 Å². The van der Waals surface area contributed by atoms with Crippen molar-refractivity contribution >= 4 is 11.7 Å².